The van der Waals surface area contributed by atoms with E-state index in [4.69, 9.17) is 8.85 Å². The van der Waals surface area contributed by atoms with Crippen molar-refractivity contribution in [3.63, 3.8) is 0 Å². The van der Waals surface area contributed by atoms with Crippen LogP contribution < -0.4 is 0 Å². The molecule has 0 aromatic carbocycles. The van der Waals surface area contributed by atoms with E-state index in [1.807, 2.05) is 0 Å². The van der Waals surface area contributed by atoms with Gasteiger partial charge in [0.25, 0.3) is 0 Å². The van der Waals surface area contributed by atoms with Gasteiger partial charge in [0.05, 0.1) is 0 Å². The quantitative estimate of drug-likeness (QED) is 0.383. The second-order valence-electron chi connectivity index (χ2n) is 4.06. The van der Waals surface area contributed by atoms with E-state index in [1.165, 1.54) is 25.7 Å². The summed E-state index contributed by atoms with van der Waals surface area (Å²) < 4.78 is 10.7. The topological polar surface area (TPSA) is 18.5 Å². The molecule has 4 heteroatoms. The van der Waals surface area contributed by atoms with E-state index >= 15 is 0 Å². The summed E-state index contributed by atoms with van der Waals surface area (Å²) in [5.41, 5.74) is 0. The highest BCUT2D eigenvalue weighted by Crippen LogP contribution is 2.23. The van der Waals surface area contributed by atoms with E-state index in [-0.39, 0.29) is 0 Å². The molecule has 0 saturated heterocycles. The van der Waals surface area contributed by atoms with Crippen LogP contribution in [0.5, 0.6) is 0 Å². The van der Waals surface area contributed by atoms with Gasteiger partial charge in [-0.15, -0.1) is 0 Å². The predicted octanol–water partition coefficient (Wildman–Crippen LogP) is 3.83. The molecule has 0 aliphatic heterocycles. The van der Waals surface area contributed by atoms with Gasteiger partial charge < -0.3 is 8.85 Å². The minimum absolute atomic E-state index is 0.825. The van der Waals surface area contributed by atoms with E-state index in [9.17, 15) is 0 Å². The van der Waals surface area contributed by atoms with Crippen LogP contribution in [-0.4, -0.2) is 21.4 Å². The maximum absolute atomic E-state index is 5.35. The van der Waals surface area contributed by atoms with Crippen molar-refractivity contribution in [3.8, 4) is 0 Å². The number of halogens is 1. The zero-order chi connectivity index (χ0) is 11.0. The lowest BCUT2D eigenvalue weighted by atomic mass is 10.1. The highest BCUT2D eigenvalue weighted by atomic mass is 79.9. The molecule has 0 aromatic heterocycles. The van der Waals surface area contributed by atoms with Crippen molar-refractivity contribution in [1.29, 1.82) is 0 Å². The normalized spacial score (nSPS) is 12.4. The van der Waals surface area contributed by atoms with Crippen molar-refractivity contribution in [2.24, 2.45) is 5.92 Å². The number of unbranched alkanes of at least 4 members (excludes halogenated alkanes) is 2. The van der Waals surface area contributed by atoms with Crippen LogP contribution in [0.4, 0.5) is 0 Å². The molecule has 0 amide bonds. The van der Waals surface area contributed by atoms with Crippen molar-refractivity contribution >= 4 is 22.5 Å². The van der Waals surface area contributed by atoms with Crippen molar-refractivity contribution in [2.45, 2.75) is 45.6 Å². The van der Waals surface area contributed by atoms with Crippen LogP contribution in [0.2, 0.25) is 6.04 Å². The summed E-state index contributed by atoms with van der Waals surface area (Å²) in [7, 11) is 1.48. The molecule has 2 nitrogen and oxygen atoms in total. The number of rotatable bonds is 8. The molecule has 0 radical (unpaired) electrons. The zero-order valence-corrected chi connectivity index (χ0v) is 12.4. The van der Waals surface area contributed by atoms with E-state index in [0.717, 1.165) is 12.0 Å². The summed E-state index contributed by atoms with van der Waals surface area (Å²) >= 11 is 3.56. The Kier molecular flexibility index (Phi) is 8.20. The Balaban J connectivity index is 3.43. The van der Waals surface area contributed by atoms with Gasteiger partial charge >= 0.3 is 7.18 Å². The molecule has 0 rings (SSSR count). The lowest BCUT2D eigenvalue weighted by molar-refractivity contribution is 0.268. The first-order valence-corrected chi connectivity index (χ1v) is 9.61. The van der Waals surface area contributed by atoms with Crippen LogP contribution in [0.25, 0.3) is 0 Å². The van der Waals surface area contributed by atoms with Gasteiger partial charge in [0.2, 0.25) is 0 Å². The van der Waals surface area contributed by atoms with E-state index in [1.54, 1.807) is 14.2 Å². The molecule has 0 saturated carbocycles. The lowest BCUT2D eigenvalue weighted by Crippen LogP contribution is -2.32. The van der Waals surface area contributed by atoms with Crippen LogP contribution in [0.15, 0.2) is 0 Å². The molecular weight excluding hydrogens is 260 g/mol. The molecule has 0 atom stereocenters. The molecule has 0 spiro atoms. The Labute approximate surface area is 97.2 Å². The predicted molar refractivity (Wildman–Crippen MR) is 66.8 cm³/mol. The third-order valence-corrected chi connectivity index (χ3v) is 7.67. The van der Waals surface area contributed by atoms with Gasteiger partial charge in [-0.1, -0.05) is 54.8 Å². The molecule has 0 N–H and O–H groups in total. The van der Waals surface area contributed by atoms with Gasteiger partial charge in [-0.05, 0) is 5.92 Å². The molecular formula is C10H23BrO2Si. The van der Waals surface area contributed by atoms with Crippen LogP contribution in [-0.2, 0) is 8.85 Å². The maximum Gasteiger partial charge on any atom is 0.413 e. The van der Waals surface area contributed by atoms with Gasteiger partial charge in [-0.2, -0.15) is 0 Å². The van der Waals surface area contributed by atoms with Gasteiger partial charge in [0, 0.05) is 20.3 Å². The molecule has 0 aliphatic rings. The van der Waals surface area contributed by atoms with Crippen LogP contribution in [0.3, 0.4) is 0 Å². The van der Waals surface area contributed by atoms with Crippen molar-refractivity contribution in [3.05, 3.63) is 0 Å². The number of hydrogen-bond acceptors (Lipinski definition) is 2. The Morgan fingerprint density at radius 1 is 1.07 bits per heavy atom. The Bertz CT molecular complexity index is 138. The third kappa shape index (κ3) is 6.98. The molecule has 0 bridgehead atoms. The van der Waals surface area contributed by atoms with E-state index in [0.29, 0.717) is 0 Å². The fraction of sp³-hybridized carbons (Fsp3) is 1.00. The second kappa shape index (κ2) is 7.85. The smallest absolute Gasteiger partial charge is 0.390 e. The van der Waals surface area contributed by atoms with Crippen LogP contribution in [0.1, 0.15) is 39.5 Å². The molecule has 0 aromatic rings. The first-order chi connectivity index (χ1) is 6.54. The lowest BCUT2D eigenvalue weighted by Gasteiger charge is -2.19. The van der Waals surface area contributed by atoms with E-state index < -0.39 is 7.18 Å². The Morgan fingerprint density at radius 3 is 2.07 bits per heavy atom. The minimum Gasteiger partial charge on any atom is -0.390 e. The fourth-order valence-electron chi connectivity index (χ4n) is 1.35. The highest BCUT2D eigenvalue weighted by Gasteiger charge is 2.30. The first-order valence-electron chi connectivity index (χ1n) is 5.33. The van der Waals surface area contributed by atoms with E-state index in [2.05, 4.69) is 29.1 Å². The summed E-state index contributed by atoms with van der Waals surface area (Å²) in [5.74, 6) is 0.825. The fourth-order valence-corrected chi connectivity index (χ4v) is 3.44. The third-order valence-electron chi connectivity index (χ3n) is 2.37. The summed E-state index contributed by atoms with van der Waals surface area (Å²) in [5, 5.41) is 0. The summed E-state index contributed by atoms with van der Waals surface area (Å²) in [6.45, 7) is 4.54. The van der Waals surface area contributed by atoms with Crippen LogP contribution in [0, 0.1) is 5.92 Å². The van der Waals surface area contributed by atoms with Crippen molar-refractivity contribution in [2.75, 3.05) is 14.2 Å². The van der Waals surface area contributed by atoms with Gasteiger partial charge in [-0.3, -0.25) is 0 Å². The average molecular weight is 283 g/mol. The van der Waals surface area contributed by atoms with Crippen LogP contribution >= 0.6 is 15.3 Å². The maximum atomic E-state index is 5.35. The molecule has 0 heterocycles. The molecule has 86 valence electrons. The molecule has 0 fully saturated rings. The van der Waals surface area contributed by atoms with Gasteiger partial charge in [0.15, 0.2) is 0 Å². The Morgan fingerprint density at radius 2 is 1.64 bits per heavy atom. The highest BCUT2D eigenvalue weighted by molar-refractivity contribution is 9.25. The summed E-state index contributed by atoms with van der Waals surface area (Å²) in [4.78, 5) is 0. The molecule has 0 unspecified atom stereocenters. The minimum atomic E-state index is -1.96. The Hall–Kier alpha value is 0.617. The zero-order valence-electron chi connectivity index (χ0n) is 9.81. The monoisotopic (exact) mass is 282 g/mol. The van der Waals surface area contributed by atoms with Gasteiger partial charge in [0.1, 0.15) is 0 Å². The van der Waals surface area contributed by atoms with Gasteiger partial charge in [-0.25, -0.2) is 0 Å². The SMILES string of the molecule is CO[Si](Br)(CCCCCC(C)C)OC. The van der Waals surface area contributed by atoms with Crippen molar-refractivity contribution < 1.29 is 8.85 Å². The molecule has 0 aliphatic carbocycles. The average Bonchev–Trinajstić information content (AvgIpc) is 2.16. The standard InChI is InChI=1S/C10H23BrO2Si/c1-10(2)8-6-5-7-9-14(11,12-3)13-4/h10H,5-9H2,1-4H3. The van der Waals surface area contributed by atoms with Crippen molar-refractivity contribution in [1.82, 2.24) is 0 Å². The summed E-state index contributed by atoms with van der Waals surface area (Å²) in [6.07, 6.45) is 5.14. The number of hydrogen-bond donors (Lipinski definition) is 0. The summed E-state index contributed by atoms with van der Waals surface area (Å²) in [6, 6.07) is 1.04. The largest absolute Gasteiger partial charge is 0.413 e. The molecule has 14 heavy (non-hydrogen) atoms. The second-order valence-corrected chi connectivity index (χ2v) is 10.3. The first kappa shape index (κ1) is 14.6.